The van der Waals surface area contributed by atoms with E-state index in [4.69, 9.17) is 0 Å². The highest BCUT2D eigenvalue weighted by molar-refractivity contribution is 7.89. The Balaban J connectivity index is 0.00000280. The molecule has 158 valence electrons. The van der Waals surface area contributed by atoms with Crippen LogP contribution < -0.4 is 10.6 Å². The first kappa shape index (κ1) is 23.1. The third-order valence-electron chi connectivity index (χ3n) is 5.63. The first-order valence-electron chi connectivity index (χ1n) is 10.0. The van der Waals surface area contributed by atoms with Crippen molar-refractivity contribution in [2.45, 2.75) is 63.3 Å². The molecule has 0 aliphatic carbocycles. The van der Waals surface area contributed by atoms with Gasteiger partial charge < -0.3 is 10.6 Å². The molecular formula is C20H32ClN3O3S. The molecule has 0 unspecified atom stereocenters. The van der Waals surface area contributed by atoms with Crippen molar-refractivity contribution < 1.29 is 13.2 Å². The Kier molecular flexibility index (Phi) is 8.30. The molecule has 28 heavy (non-hydrogen) atoms. The molecule has 8 heteroatoms. The summed E-state index contributed by atoms with van der Waals surface area (Å²) in [6.07, 6.45) is 5.58. The molecule has 2 saturated heterocycles. The standard InChI is InChI=1S/C20H31N3O3S.ClH/c1-15-7-8-18(22-20(24)17-9-10-21-16(2)13-17)14-19(15)27(25,26)23-11-5-3-4-6-12-23;/h7-8,14,16-17,21H,3-6,9-13H2,1-2H3,(H,22,24);1H/t16-,17-;/m0./s1. The minimum atomic E-state index is -3.54. The number of carbonyl (C=O) groups excluding carboxylic acids is 1. The molecule has 2 N–H and O–H groups in total. The smallest absolute Gasteiger partial charge is 0.243 e. The van der Waals surface area contributed by atoms with Crippen LogP contribution in [0.4, 0.5) is 5.69 Å². The fourth-order valence-electron chi connectivity index (χ4n) is 3.99. The van der Waals surface area contributed by atoms with E-state index in [-0.39, 0.29) is 24.2 Å². The van der Waals surface area contributed by atoms with Crippen LogP contribution in [0.5, 0.6) is 0 Å². The normalized spacial score (nSPS) is 24.1. The maximum absolute atomic E-state index is 13.1. The number of hydrogen-bond acceptors (Lipinski definition) is 4. The van der Waals surface area contributed by atoms with Crippen molar-refractivity contribution >= 4 is 34.0 Å². The van der Waals surface area contributed by atoms with Crippen LogP contribution in [-0.2, 0) is 14.8 Å². The molecular weight excluding hydrogens is 398 g/mol. The average molecular weight is 430 g/mol. The van der Waals surface area contributed by atoms with Gasteiger partial charge in [-0.3, -0.25) is 4.79 Å². The fourth-order valence-corrected chi connectivity index (χ4v) is 5.76. The van der Waals surface area contributed by atoms with Gasteiger partial charge in [-0.05, 0) is 63.8 Å². The van der Waals surface area contributed by atoms with Gasteiger partial charge in [0, 0.05) is 30.7 Å². The van der Waals surface area contributed by atoms with Crippen LogP contribution in [0, 0.1) is 12.8 Å². The van der Waals surface area contributed by atoms with Gasteiger partial charge in [0.2, 0.25) is 15.9 Å². The van der Waals surface area contributed by atoms with Crippen LogP contribution in [0.15, 0.2) is 23.1 Å². The van der Waals surface area contributed by atoms with E-state index in [0.29, 0.717) is 35.3 Å². The number of anilines is 1. The molecule has 0 spiro atoms. The van der Waals surface area contributed by atoms with E-state index >= 15 is 0 Å². The zero-order valence-corrected chi connectivity index (χ0v) is 18.4. The summed E-state index contributed by atoms with van der Waals surface area (Å²) < 4.78 is 27.9. The van der Waals surface area contributed by atoms with Crippen molar-refractivity contribution in [3.8, 4) is 0 Å². The van der Waals surface area contributed by atoms with E-state index in [1.54, 1.807) is 22.5 Å². The Hall–Kier alpha value is -1.15. The number of halogens is 1. The second-order valence-corrected chi connectivity index (χ2v) is 9.77. The molecule has 0 radical (unpaired) electrons. The zero-order valence-electron chi connectivity index (χ0n) is 16.7. The van der Waals surface area contributed by atoms with Crippen LogP contribution >= 0.6 is 12.4 Å². The van der Waals surface area contributed by atoms with Crippen LogP contribution in [-0.4, -0.2) is 44.3 Å². The van der Waals surface area contributed by atoms with Gasteiger partial charge in [0.1, 0.15) is 0 Å². The predicted molar refractivity (Wildman–Crippen MR) is 114 cm³/mol. The summed E-state index contributed by atoms with van der Waals surface area (Å²) in [5, 5.41) is 6.28. The van der Waals surface area contributed by atoms with E-state index in [0.717, 1.165) is 45.1 Å². The SMILES string of the molecule is Cc1ccc(NC(=O)[C@H]2CCN[C@@H](C)C2)cc1S(=O)(=O)N1CCCCCC1.Cl. The van der Waals surface area contributed by atoms with Crippen LogP contribution in [0.3, 0.4) is 0 Å². The van der Waals surface area contributed by atoms with Gasteiger partial charge in [-0.1, -0.05) is 18.9 Å². The fraction of sp³-hybridized carbons (Fsp3) is 0.650. The summed E-state index contributed by atoms with van der Waals surface area (Å²) >= 11 is 0. The quantitative estimate of drug-likeness (QED) is 0.769. The molecule has 1 aromatic rings. The van der Waals surface area contributed by atoms with Crippen molar-refractivity contribution in [2.75, 3.05) is 25.0 Å². The number of nitrogens with zero attached hydrogens (tertiary/aromatic N) is 1. The Bertz CT molecular complexity index is 777. The van der Waals surface area contributed by atoms with Crippen LogP contribution in [0.1, 0.15) is 51.0 Å². The molecule has 1 amide bonds. The summed E-state index contributed by atoms with van der Waals surface area (Å²) in [4.78, 5) is 12.9. The lowest BCUT2D eigenvalue weighted by atomic mass is 9.92. The van der Waals surface area contributed by atoms with Gasteiger partial charge in [-0.25, -0.2) is 8.42 Å². The summed E-state index contributed by atoms with van der Waals surface area (Å²) in [7, 11) is -3.54. The summed E-state index contributed by atoms with van der Waals surface area (Å²) in [6.45, 7) is 5.88. The summed E-state index contributed by atoms with van der Waals surface area (Å²) in [5.41, 5.74) is 1.28. The zero-order chi connectivity index (χ0) is 19.4. The van der Waals surface area contributed by atoms with Crippen molar-refractivity contribution in [3.63, 3.8) is 0 Å². The number of nitrogens with one attached hydrogen (secondary N) is 2. The monoisotopic (exact) mass is 429 g/mol. The number of carbonyl (C=O) groups is 1. The number of amides is 1. The highest BCUT2D eigenvalue weighted by atomic mass is 35.5. The minimum absolute atomic E-state index is 0. The number of rotatable bonds is 4. The van der Waals surface area contributed by atoms with Gasteiger partial charge in [0.05, 0.1) is 4.90 Å². The highest BCUT2D eigenvalue weighted by Gasteiger charge is 2.28. The number of aryl methyl sites for hydroxylation is 1. The summed E-state index contributed by atoms with van der Waals surface area (Å²) in [6, 6.07) is 5.52. The van der Waals surface area contributed by atoms with Gasteiger partial charge in [-0.2, -0.15) is 4.31 Å². The Labute approximate surface area is 174 Å². The Morgan fingerprint density at radius 1 is 1.18 bits per heavy atom. The number of sulfonamides is 1. The number of hydrogen-bond donors (Lipinski definition) is 2. The van der Waals surface area contributed by atoms with Gasteiger partial charge >= 0.3 is 0 Å². The third kappa shape index (κ3) is 5.47. The first-order valence-corrected chi connectivity index (χ1v) is 11.5. The maximum Gasteiger partial charge on any atom is 0.243 e. The van der Waals surface area contributed by atoms with Crippen LogP contribution in [0.25, 0.3) is 0 Å². The molecule has 6 nitrogen and oxygen atoms in total. The minimum Gasteiger partial charge on any atom is -0.326 e. The van der Waals surface area contributed by atoms with Gasteiger partial charge in [-0.15, -0.1) is 12.4 Å². The number of benzene rings is 1. The second-order valence-electron chi connectivity index (χ2n) is 7.86. The molecule has 2 fully saturated rings. The van der Waals surface area contributed by atoms with Crippen molar-refractivity contribution in [1.29, 1.82) is 0 Å². The third-order valence-corrected chi connectivity index (χ3v) is 7.67. The van der Waals surface area contributed by atoms with E-state index in [9.17, 15) is 13.2 Å². The predicted octanol–water partition coefficient (Wildman–Crippen LogP) is 3.31. The van der Waals surface area contributed by atoms with Crippen LogP contribution in [0.2, 0.25) is 0 Å². The topological polar surface area (TPSA) is 78.5 Å². The Morgan fingerprint density at radius 3 is 2.50 bits per heavy atom. The molecule has 2 aliphatic heterocycles. The molecule has 2 aliphatic rings. The average Bonchev–Trinajstić information content (AvgIpc) is 2.93. The number of piperidine rings is 1. The molecule has 1 aromatic carbocycles. The van der Waals surface area contributed by atoms with Crippen molar-refractivity contribution in [1.82, 2.24) is 9.62 Å². The molecule has 2 heterocycles. The van der Waals surface area contributed by atoms with Gasteiger partial charge in [0.25, 0.3) is 0 Å². The lowest BCUT2D eigenvalue weighted by Gasteiger charge is -2.27. The van der Waals surface area contributed by atoms with E-state index in [2.05, 4.69) is 17.6 Å². The van der Waals surface area contributed by atoms with E-state index in [1.165, 1.54) is 0 Å². The molecule has 3 rings (SSSR count). The largest absolute Gasteiger partial charge is 0.326 e. The van der Waals surface area contributed by atoms with Gasteiger partial charge in [0.15, 0.2) is 0 Å². The lowest BCUT2D eigenvalue weighted by molar-refractivity contribution is -0.120. The lowest BCUT2D eigenvalue weighted by Crippen LogP contribution is -2.40. The Morgan fingerprint density at radius 2 is 1.86 bits per heavy atom. The molecule has 0 aromatic heterocycles. The second kappa shape index (κ2) is 10.1. The van der Waals surface area contributed by atoms with E-state index < -0.39 is 10.0 Å². The molecule has 2 atom stereocenters. The van der Waals surface area contributed by atoms with E-state index in [1.807, 2.05) is 6.92 Å². The molecule has 0 bridgehead atoms. The summed E-state index contributed by atoms with van der Waals surface area (Å²) in [5.74, 6) is -0.0569. The molecule has 0 saturated carbocycles. The van der Waals surface area contributed by atoms with Crippen molar-refractivity contribution in [3.05, 3.63) is 23.8 Å². The highest BCUT2D eigenvalue weighted by Crippen LogP contribution is 2.26. The van der Waals surface area contributed by atoms with Crippen molar-refractivity contribution in [2.24, 2.45) is 5.92 Å². The maximum atomic E-state index is 13.1. The first-order chi connectivity index (χ1) is 12.9.